The van der Waals surface area contributed by atoms with E-state index in [0.717, 1.165) is 11.1 Å². The van der Waals surface area contributed by atoms with E-state index >= 15 is 0 Å². The lowest BCUT2D eigenvalue weighted by Gasteiger charge is -2.30. The highest BCUT2D eigenvalue weighted by Gasteiger charge is 2.28. The Labute approximate surface area is 191 Å². The lowest BCUT2D eigenvalue weighted by molar-refractivity contribution is -0.384. The molecule has 1 fully saturated rings. The summed E-state index contributed by atoms with van der Waals surface area (Å²) in [5.74, 6) is -0.737. The summed E-state index contributed by atoms with van der Waals surface area (Å²) in [5, 5.41) is 11.8. The van der Waals surface area contributed by atoms with Crippen molar-refractivity contribution in [3.63, 3.8) is 0 Å². The number of anilines is 1. The first-order chi connectivity index (χ1) is 16.0. The summed E-state index contributed by atoms with van der Waals surface area (Å²) >= 11 is 0. The van der Waals surface area contributed by atoms with Crippen molar-refractivity contribution in [2.45, 2.75) is 6.04 Å². The third-order valence-electron chi connectivity index (χ3n) is 5.78. The zero-order valence-electron chi connectivity index (χ0n) is 18.2. The SMILES string of the molecule is CN(C(=O)c1ccc(N2CCOCC2)c([N+](=O)[O-])c1)C(c1ccccc1)c1ccc(F)cc1. The number of benzene rings is 3. The second-order valence-corrected chi connectivity index (χ2v) is 7.84. The molecule has 1 heterocycles. The van der Waals surface area contributed by atoms with Crippen molar-refractivity contribution in [3.05, 3.63) is 105 Å². The summed E-state index contributed by atoms with van der Waals surface area (Å²) in [4.78, 5) is 28.2. The molecule has 1 atom stereocenters. The molecule has 1 saturated heterocycles. The van der Waals surface area contributed by atoms with Crippen molar-refractivity contribution in [2.24, 2.45) is 0 Å². The summed E-state index contributed by atoms with van der Waals surface area (Å²) in [6.07, 6.45) is 0. The molecule has 7 nitrogen and oxygen atoms in total. The van der Waals surface area contributed by atoms with Gasteiger partial charge in [-0.2, -0.15) is 0 Å². The topological polar surface area (TPSA) is 75.9 Å². The predicted octanol–water partition coefficient (Wildman–Crippen LogP) is 4.43. The third-order valence-corrected chi connectivity index (χ3v) is 5.78. The number of carbonyl (C=O) groups is 1. The highest BCUT2D eigenvalue weighted by Crippen LogP contribution is 2.33. The minimum absolute atomic E-state index is 0.116. The quantitative estimate of drug-likeness (QED) is 0.411. The maximum Gasteiger partial charge on any atom is 0.293 e. The highest BCUT2D eigenvalue weighted by molar-refractivity contribution is 5.96. The average Bonchev–Trinajstić information content (AvgIpc) is 2.85. The third kappa shape index (κ3) is 4.85. The van der Waals surface area contributed by atoms with E-state index in [1.54, 1.807) is 31.3 Å². The van der Waals surface area contributed by atoms with Crippen molar-refractivity contribution < 1.29 is 18.8 Å². The van der Waals surface area contributed by atoms with Gasteiger partial charge in [0.1, 0.15) is 11.5 Å². The molecule has 3 aromatic carbocycles. The molecule has 0 aromatic heterocycles. The zero-order chi connectivity index (χ0) is 23.4. The molecule has 1 unspecified atom stereocenters. The number of halogens is 1. The fourth-order valence-electron chi connectivity index (χ4n) is 4.12. The number of morpholine rings is 1. The highest BCUT2D eigenvalue weighted by atomic mass is 19.1. The van der Waals surface area contributed by atoms with Crippen LogP contribution in [0, 0.1) is 15.9 Å². The van der Waals surface area contributed by atoms with Gasteiger partial charge < -0.3 is 14.5 Å². The molecule has 0 N–H and O–H groups in total. The van der Waals surface area contributed by atoms with Gasteiger partial charge in [0.25, 0.3) is 11.6 Å². The summed E-state index contributed by atoms with van der Waals surface area (Å²) in [6.45, 7) is 2.09. The number of nitro benzene ring substituents is 1. The second-order valence-electron chi connectivity index (χ2n) is 7.84. The van der Waals surface area contributed by atoms with Gasteiger partial charge in [-0.05, 0) is 35.4 Å². The molecule has 170 valence electrons. The van der Waals surface area contributed by atoms with E-state index in [2.05, 4.69) is 0 Å². The van der Waals surface area contributed by atoms with Crippen molar-refractivity contribution in [3.8, 4) is 0 Å². The van der Waals surface area contributed by atoms with Crippen LogP contribution in [0.3, 0.4) is 0 Å². The molecule has 1 amide bonds. The first kappa shape index (κ1) is 22.4. The Hall–Kier alpha value is -3.78. The molecule has 3 aromatic rings. The molecule has 0 aliphatic carbocycles. The lowest BCUT2D eigenvalue weighted by atomic mass is 9.96. The van der Waals surface area contributed by atoms with Crippen molar-refractivity contribution >= 4 is 17.3 Å². The van der Waals surface area contributed by atoms with Gasteiger partial charge in [-0.15, -0.1) is 0 Å². The van der Waals surface area contributed by atoms with Gasteiger partial charge in [0.15, 0.2) is 0 Å². The fraction of sp³-hybridized carbons (Fsp3) is 0.240. The Balaban J connectivity index is 1.69. The van der Waals surface area contributed by atoms with Gasteiger partial charge in [0.2, 0.25) is 0 Å². The average molecular weight is 449 g/mol. The van der Waals surface area contributed by atoms with E-state index in [1.165, 1.54) is 23.1 Å². The molecular weight excluding hydrogens is 425 g/mol. The van der Waals surface area contributed by atoms with Crippen LogP contribution in [-0.4, -0.2) is 49.1 Å². The minimum Gasteiger partial charge on any atom is -0.378 e. The first-order valence-corrected chi connectivity index (χ1v) is 10.6. The molecule has 0 bridgehead atoms. The molecule has 4 rings (SSSR count). The molecule has 0 spiro atoms. The number of ether oxygens (including phenoxy) is 1. The standard InChI is InChI=1S/C25H24FN3O4/c1-27(24(18-5-3-2-4-6-18)19-7-10-21(26)11-8-19)25(30)20-9-12-22(23(17-20)29(31)32)28-13-15-33-16-14-28/h2-12,17,24H,13-16H2,1H3. The van der Waals surface area contributed by atoms with Crippen LogP contribution in [0.5, 0.6) is 0 Å². The first-order valence-electron chi connectivity index (χ1n) is 10.6. The molecule has 33 heavy (non-hydrogen) atoms. The Kier molecular flexibility index (Phi) is 6.65. The molecule has 0 radical (unpaired) electrons. The molecular formula is C25H24FN3O4. The number of nitrogens with zero attached hydrogens (tertiary/aromatic N) is 3. The normalized spacial score (nSPS) is 14.5. The van der Waals surface area contributed by atoms with Crippen LogP contribution in [0.25, 0.3) is 0 Å². The van der Waals surface area contributed by atoms with Gasteiger partial charge >= 0.3 is 0 Å². The molecule has 1 aliphatic heterocycles. The second kappa shape index (κ2) is 9.79. The number of hydrogen-bond acceptors (Lipinski definition) is 5. The minimum atomic E-state index is -0.489. The lowest BCUT2D eigenvalue weighted by Crippen LogP contribution is -2.36. The van der Waals surface area contributed by atoms with Gasteiger partial charge in [0, 0.05) is 31.8 Å². The number of nitro groups is 1. The van der Waals surface area contributed by atoms with Crippen LogP contribution in [0.2, 0.25) is 0 Å². The van der Waals surface area contributed by atoms with E-state index in [4.69, 9.17) is 4.74 Å². The van der Waals surface area contributed by atoms with Crippen molar-refractivity contribution in [1.82, 2.24) is 4.90 Å². The summed E-state index contributed by atoms with van der Waals surface area (Å²) in [5.41, 5.74) is 2.15. The van der Waals surface area contributed by atoms with Crippen molar-refractivity contribution in [1.29, 1.82) is 0 Å². The van der Waals surface area contributed by atoms with E-state index in [9.17, 15) is 19.3 Å². The molecule has 8 heteroatoms. The van der Waals surface area contributed by atoms with Crippen molar-refractivity contribution in [2.75, 3.05) is 38.3 Å². The predicted molar refractivity (Wildman–Crippen MR) is 123 cm³/mol. The zero-order valence-corrected chi connectivity index (χ0v) is 18.2. The molecule has 1 aliphatic rings. The van der Waals surface area contributed by atoms with Gasteiger partial charge in [-0.25, -0.2) is 4.39 Å². The van der Waals surface area contributed by atoms with Gasteiger partial charge in [-0.1, -0.05) is 42.5 Å². The largest absolute Gasteiger partial charge is 0.378 e. The van der Waals surface area contributed by atoms with Crippen LogP contribution in [0.15, 0.2) is 72.8 Å². The van der Waals surface area contributed by atoms with Crippen LogP contribution in [-0.2, 0) is 4.74 Å². The summed E-state index contributed by atoms with van der Waals surface area (Å²) in [7, 11) is 1.64. The Morgan fingerprint density at radius 1 is 1.03 bits per heavy atom. The summed E-state index contributed by atoms with van der Waals surface area (Å²) in [6, 6.07) is 19.5. The summed E-state index contributed by atoms with van der Waals surface area (Å²) < 4.78 is 18.9. The number of rotatable bonds is 6. The monoisotopic (exact) mass is 449 g/mol. The smallest absolute Gasteiger partial charge is 0.293 e. The van der Waals surface area contributed by atoms with E-state index < -0.39 is 11.0 Å². The van der Waals surface area contributed by atoms with Crippen LogP contribution >= 0.6 is 0 Å². The molecule has 0 saturated carbocycles. The Morgan fingerprint density at radius 3 is 2.30 bits per heavy atom. The van der Waals surface area contributed by atoms with E-state index in [-0.39, 0.29) is 23.0 Å². The number of hydrogen-bond donors (Lipinski definition) is 0. The van der Waals surface area contributed by atoms with Crippen LogP contribution < -0.4 is 4.90 Å². The number of amides is 1. The number of carbonyl (C=O) groups excluding carboxylic acids is 1. The van der Waals surface area contributed by atoms with E-state index in [0.29, 0.717) is 32.0 Å². The van der Waals surface area contributed by atoms with Gasteiger partial charge in [0.05, 0.1) is 24.2 Å². The fourth-order valence-corrected chi connectivity index (χ4v) is 4.12. The maximum absolute atomic E-state index is 13.5. The maximum atomic E-state index is 13.5. The van der Waals surface area contributed by atoms with Gasteiger partial charge in [-0.3, -0.25) is 14.9 Å². The van der Waals surface area contributed by atoms with E-state index in [1.807, 2.05) is 35.2 Å². The van der Waals surface area contributed by atoms with Crippen LogP contribution in [0.4, 0.5) is 15.8 Å². The Bertz CT molecular complexity index is 1130. The van der Waals surface area contributed by atoms with Crippen LogP contribution in [0.1, 0.15) is 27.5 Å². The Morgan fingerprint density at radius 2 is 1.67 bits per heavy atom.